The number of nitrogens with zero attached hydrogens (tertiary/aromatic N) is 1. The van der Waals surface area contributed by atoms with Gasteiger partial charge in [0.1, 0.15) is 0 Å². The zero-order valence-corrected chi connectivity index (χ0v) is 7.71. The monoisotopic (exact) mass is 168 g/mol. The Morgan fingerprint density at radius 1 is 1.83 bits per heavy atom. The highest BCUT2D eigenvalue weighted by Gasteiger charge is 2.19. The largest absolute Gasteiger partial charge is 0.478 e. The van der Waals surface area contributed by atoms with Crippen molar-refractivity contribution < 1.29 is 4.74 Å². The van der Waals surface area contributed by atoms with Crippen LogP contribution in [-0.2, 0) is 4.74 Å². The fourth-order valence-electron chi connectivity index (χ4n) is 1.20. The van der Waals surface area contributed by atoms with E-state index in [9.17, 15) is 0 Å². The van der Waals surface area contributed by atoms with Gasteiger partial charge in [-0.05, 0) is 6.92 Å². The molecule has 0 aromatic carbocycles. The standard InChI is InChI=1S/C9H16N2O/c1-4-8(3)9-11(10)5-7(2)6-12-9/h4,7H,1,5-6,10H2,2-3H3/b9-8+/t7-/m1/s1. The molecule has 0 saturated carbocycles. The highest BCUT2D eigenvalue weighted by molar-refractivity contribution is 5.17. The third kappa shape index (κ3) is 1.80. The molecular weight excluding hydrogens is 152 g/mol. The van der Waals surface area contributed by atoms with Crippen LogP contribution in [0.15, 0.2) is 24.1 Å². The number of hydrogen-bond donors (Lipinski definition) is 1. The van der Waals surface area contributed by atoms with Crippen molar-refractivity contribution in [3.8, 4) is 0 Å². The Morgan fingerprint density at radius 3 is 3.00 bits per heavy atom. The molecule has 0 aliphatic carbocycles. The lowest BCUT2D eigenvalue weighted by Gasteiger charge is -2.32. The molecule has 0 unspecified atom stereocenters. The van der Waals surface area contributed by atoms with Gasteiger partial charge in [0.05, 0.1) is 6.61 Å². The van der Waals surface area contributed by atoms with Crippen LogP contribution in [0.3, 0.4) is 0 Å². The maximum atomic E-state index is 5.75. The number of rotatable bonds is 1. The van der Waals surface area contributed by atoms with E-state index in [0.717, 1.165) is 24.6 Å². The van der Waals surface area contributed by atoms with Crippen LogP contribution >= 0.6 is 0 Å². The van der Waals surface area contributed by atoms with Gasteiger partial charge in [-0.3, -0.25) is 5.01 Å². The van der Waals surface area contributed by atoms with Crippen LogP contribution in [0.1, 0.15) is 13.8 Å². The zero-order chi connectivity index (χ0) is 9.14. The summed E-state index contributed by atoms with van der Waals surface area (Å²) < 4.78 is 5.46. The molecule has 1 atom stereocenters. The summed E-state index contributed by atoms with van der Waals surface area (Å²) in [4.78, 5) is 0. The number of hydrogen-bond acceptors (Lipinski definition) is 3. The first-order valence-electron chi connectivity index (χ1n) is 4.13. The maximum absolute atomic E-state index is 5.75. The second-order valence-corrected chi connectivity index (χ2v) is 3.26. The van der Waals surface area contributed by atoms with E-state index >= 15 is 0 Å². The summed E-state index contributed by atoms with van der Waals surface area (Å²) in [6, 6.07) is 0. The average Bonchev–Trinajstić information content (AvgIpc) is 2.03. The maximum Gasteiger partial charge on any atom is 0.206 e. The van der Waals surface area contributed by atoms with E-state index in [1.54, 1.807) is 11.1 Å². The van der Waals surface area contributed by atoms with Gasteiger partial charge in [0.25, 0.3) is 0 Å². The van der Waals surface area contributed by atoms with Crippen LogP contribution in [-0.4, -0.2) is 18.2 Å². The van der Waals surface area contributed by atoms with E-state index in [2.05, 4.69) is 13.5 Å². The second-order valence-electron chi connectivity index (χ2n) is 3.26. The molecule has 3 nitrogen and oxygen atoms in total. The summed E-state index contributed by atoms with van der Waals surface area (Å²) in [5, 5.41) is 1.64. The molecule has 0 aromatic heterocycles. The van der Waals surface area contributed by atoms with Crippen molar-refractivity contribution in [3.05, 3.63) is 24.1 Å². The highest BCUT2D eigenvalue weighted by Crippen LogP contribution is 2.17. The number of ether oxygens (including phenoxy) is 1. The lowest BCUT2D eigenvalue weighted by molar-refractivity contribution is 0.0277. The summed E-state index contributed by atoms with van der Waals surface area (Å²) in [5.74, 6) is 7.00. The summed E-state index contributed by atoms with van der Waals surface area (Å²) >= 11 is 0. The molecule has 68 valence electrons. The molecule has 1 heterocycles. The lowest BCUT2D eigenvalue weighted by atomic mass is 10.1. The predicted molar refractivity (Wildman–Crippen MR) is 48.9 cm³/mol. The molecule has 12 heavy (non-hydrogen) atoms. The number of allylic oxidation sites excluding steroid dienone is 2. The van der Waals surface area contributed by atoms with Gasteiger partial charge in [-0.1, -0.05) is 19.6 Å². The summed E-state index contributed by atoms with van der Waals surface area (Å²) in [7, 11) is 0. The molecule has 0 bridgehead atoms. The molecule has 0 spiro atoms. The van der Waals surface area contributed by atoms with Crippen LogP contribution in [0, 0.1) is 5.92 Å². The fraction of sp³-hybridized carbons (Fsp3) is 0.556. The van der Waals surface area contributed by atoms with Crippen LogP contribution in [0.2, 0.25) is 0 Å². The molecule has 2 N–H and O–H groups in total. The Morgan fingerprint density at radius 2 is 2.50 bits per heavy atom. The molecule has 1 saturated heterocycles. The normalized spacial score (nSPS) is 27.9. The Kier molecular flexibility index (Phi) is 2.76. The Labute approximate surface area is 73.5 Å². The first-order valence-corrected chi connectivity index (χ1v) is 4.13. The quantitative estimate of drug-likeness (QED) is 0.599. The van der Waals surface area contributed by atoms with Gasteiger partial charge in [-0.2, -0.15) is 0 Å². The molecule has 1 rings (SSSR count). The Bertz CT molecular complexity index is 211. The molecule has 1 aliphatic rings. The SMILES string of the molecule is C=C/C(C)=C1/OC[C@H](C)CN1N. The number of hydrazine groups is 1. The summed E-state index contributed by atoms with van der Waals surface area (Å²) in [6.45, 7) is 9.31. The lowest BCUT2D eigenvalue weighted by Crippen LogP contribution is -2.41. The first-order chi connectivity index (χ1) is 5.65. The van der Waals surface area contributed by atoms with E-state index in [1.165, 1.54) is 0 Å². The minimum Gasteiger partial charge on any atom is -0.478 e. The molecule has 0 radical (unpaired) electrons. The van der Waals surface area contributed by atoms with E-state index in [1.807, 2.05) is 6.92 Å². The highest BCUT2D eigenvalue weighted by atomic mass is 16.5. The molecule has 0 amide bonds. The molecular formula is C9H16N2O. The second kappa shape index (κ2) is 3.63. The van der Waals surface area contributed by atoms with Crippen molar-refractivity contribution in [1.82, 2.24) is 5.01 Å². The van der Waals surface area contributed by atoms with Crippen molar-refractivity contribution in [1.29, 1.82) is 0 Å². The van der Waals surface area contributed by atoms with E-state index in [-0.39, 0.29) is 0 Å². The average molecular weight is 168 g/mol. The van der Waals surface area contributed by atoms with Crippen molar-refractivity contribution in [2.75, 3.05) is 13.2 Å². The third-order valence-electron chi connectivity index (χ3n) is 1.92. The van der Waals surface area contributed by atoms with Gasteiger partial charge < -0.3 is 4.74 Å². The summed E-state index contributed by atoms with van der Waals surface area (Å²) in [6.07, 6.45) is 1.76. The summed E-state index contributed by atoms with van der Waals surface area (Å²) in [5.41, 5.74) is 0.990. The molecule has 1 aliphatic heterocycles. The van der Waals surface area contributed by atoms with Gasteiger partial charge >= 0.3 is 0 Å². The fourth-order valence-corrected chi connectivity index (χ4v) is 1.20. The molecule has 3 heteroatoms. The minimum absolute atomic E-state index is 0.497. The smallest absolute Gasteiger partial charge is 0.206 e. The Balaban J connectivity index is 2.74. The van der Waals surface area contributed by atoms with Crippen molar-refractivity contribution in [3.63, 3.8) is 0 Å². The van der Waals surface area contributed by atoms with Gasteiger partial charge in [0.15, 0.2) is 0 Å². The van der Waals surface area contributed by atoms with Crippen LogP contribution in [0.5, 0.6) is 0 Å². The number of nitrogens with two attached hydrogens (primary N) is 1. The van der Waals surface area contributed by atoms with Crippen molar-refractivity contribution in [2.24, 2.45) is 11.8 Å². The van der Waals surface area contributed by atoms with Gasteiger partial charge in [0, 0.05) is 18.0 Å². The first kappa shape index (κ1) is 9.13. The van der Waals surface area contributed by atoms with Crippen LogP contribution < -0.4 is 5.84 Å². The minimum atomic E-state index is 0.497. The van der Waals surface area contributed by atoms with Gasteiger partial charge in [-0.15, -0.1) is 0 Å². The van der Waals surface area contributed by atoms with Gasteiger partial charge in [-0.25, -0.2) is 5.84 Å². The zero-order valence-electron chi connectivity index (χ0n) is 7.71. The van der Waals surface area contributed by atoms with Crippen molar-refractivity contribution in [2.45, 2.75) is 13.8 Å². The van der Waals surface area contributed by atoms with Crippen LogP contribution in [0.25, 0.3) is 0 Å². The molecule has 0 aromatic rings. The third-order valence-corrected chi connectivity index (χ3v) is 1.92. The molecule has 1 fully saturated rings. The van der Waals surface area contributed by atoms with E-state index < -0.39 is 0 Å². The van der Waals surface area contributed by atoms with Gasteiger partial charge in [0.2, 0.25) is 5.88 Å². The topological polar surface area (TPSA) is 38.5 Å². The van der Waals surface area contributed by atoms with E-state index in [4.69, 9.17) is 10.6 Å². The van der Waals surface area contributed by atoms with Crippen molar-refractivity contribution >= 4 is 0 Å². The Hall–Kier alpha value is -0.960. The predicted octanol–water partition coefficient (Wildman–Crippen LogP) is 1.25. The van der Waals surface area contributed by atoms with Crippen LogP contribution in [0.4, 0.5) is 0 Å². The van der Waals surface area contributed by atoms with E-state index in [0.29, 0.717) is 5.92 Å².